The highest BCUT2D eigenvalue weighted by Crippen LogP contribution is 2.29. The monoisotopic (exact) mass is 282 g/mol. The molecule has 0 aromatic carbocycles. The average Bonchev–Trinajstić information content (AvgIpc) is 2.86. The third-order valence-corrected chi connectivity index (χ3v) is 4.50. The Morgan fingerprint density at radius 3 is 2.63 bits per heavy atom. The zero-order valence-electron chi connectivity index (χ0n) is 10.9. The van der Waals surface area contributed by atoms with Gasteiger partial charge < -0.3 is 15.3 Å². The Balaban J connectivity index is 1.85. The zero-order valence-corrected chi connectivity index (χ0v) is 11.7. The Kier molecular flexibility index (Phi) is 4.42. The van der Waals surface area contributed by atoms with E-state index in [0.717, 1.165) is 37.5 Å². The number of aromatic carboxylic acids is 1. The van der Waals surface area contributed by atoms with Crippen LogP contribution in [0, 0.1) is 5.92 Å². The normalized spacial score (nSPS) is 16.4. The van der Waals surface area contributed by atoms with Crippen LogP contribution in [0.15, 0.2) is 12.1 Å². The molecule has 0 aliphatic carbocycles. The first-order chi connectivity index (χ1) is 9.06. The predicted octanol–water partition coefficient (Wildman–Crippen LogP) is 1.80. The molecule has 2 heterocycles. The van der Waals surface area contributed by atoms with E-state index < -0.39 is 5.97 Å². The SMILES string of the molecule is CC(=O)NCC1CCN(c2ccc(C(=O)O)s2)CC1. The van der Waals surface area contributed by atoms with Gasteiger partial charge >= 0.3 is 5.97 Å². The molecule has 1 aliphatic heterocycles. The lowest BCUT2D eigenvalue weighted by atomic mass is 9.97. The summed E-state index contributed by atoms with van der Waals surface area (Å²) in [6.45, 7) is 4.12. The summed E-state index contributed by atoms with van der Waals surface area (Å²) in [5.41, 5.74) is 0. The van der Waals surface area contributed by atoms with E-state index in [-0.39, 0.29) is 5.91 Å². The van der Waals surface area contributed by atoms with Crippen molar-refractivity contribution < 1.29 is 14.7 Å². The highest BCUT2D eigenvalue weighted by molar-refractivity contribution is 7.17. The molecule has 2 rings (SSSR count). The van der Waals surface area contributed by atoms with Crippen molar-refractivity contribution in [2.75, 3.05) is 24.5 Å². The van der Waals surface area contributed by atoms with Crippen LogP contribution < -0.4 is 10.2 Å². The van der Waals surface area contributed by atoms with E-state index in [1.54, 1.807) is 6.07 Å². The van der Waals surface area contributed by atoms with Gasteiger partial charge in [0.2, 0.25) is 5.91 Å². The van der Waals surface area contributed by atoms with Crippen LogP contribution in [0.3, 0.4) is 0 Å². The number of thiophene rings is 1. The van der Waals surface area contributed by atoms with Gasteiger partial charge in [-0.2, -0.15) is 0 Å². The number of nitrogens with zero attached hydrogens (tertiary/aromatic N) is 1. The smallest absolute Gasteiger partial charge is 0.345 e. The van der Waals surface area contributed by atoms with Crippen LogP contribution >= 0.6 is 11.3 Å². The van der Waals surface area contributed by atoms with Crippen molar-refractivity contribution in [2.45, 2.75) is 19.8 Å². The molecule has 2 N–H and O–H groups in total. The molecular formula is C13H18N2O3S. The highest BCUT2D eigenvalue weighted by atomic mass is 32.1. The van der Waals surface area contributed by atoms with Gasteiger partial charge in [0.15, 0.2) is 0 Å². The number of carboxylic acids is 1. The van der Waals surface area contributed by atoms with Gasteiger partial charge in [0.25, 0.3) is 0 Å². The second-order valence-electron chi connectivity index (χ2n) is 4.81. The summed E-state index contributed by atoms with van der Waals surface area (Å²) in [6, 6.07) is 3.54. The third-order valence-electron chi connectivity index (χ3n) is 3.37. The van der Waals surface area contributed by atoms with Crippen molar-refractivity contribution in [3.05, 3.63) is 17.0 Å². The van der Waals surface area contributed by atoms with E-state index >= 15 is 0 Å². The van der Waals surface area contributed by atoms with Gasteiger partial charge in [-0.25, -0.2) is 4.79 Å². The van der Waals surface area contributed by atoms with Crippen LogP contribution in [0.2, 0.25) is 0 Å². The maximum atomic E-state index is 10.9. The lowest BCUT2D eigenvalue weighted by Gasteiger charge is -2.32. The quantitative estimate of drug-likeness (QED) is 0.883. The lowest BCUT2D eigenvalue weighted by molar-refractivity contribution is -0.119. The number of nitrogens with one attached hydrogen (secondary N) is 1. The summed E-state index contributed by atoms with van der Waals surface area (Å²) >= 11 is 1.32. The van der Waals surface area contributed by atoms with Crippen LogP contribution in [0.25, 0.3) is 0 Å². The second kappa shape index (κ2) is 6.06. The zero-order chi connectivity index (χ0) is 13.8. The van der Waals surface area contributed by atoms with Crippen LogP contribution in [0.5, 0.6) is 0 Å². The molecule has 5 nitrogen and oxygen atoms in total. The number of piperidine rings is 1. The largest absolute Gasteiger partial charge is 0.477 e. The topological polar surface area (TPSA) is 69.6 Å². The van der Waals surface area contributed by atoms with Gasteiger partial charge in [-0.3, -0.25) is 4.79 Å². The fourth-order valence-electron chi connectivity index (χ4n) is 2.26. The van der Waals surface area contributed by atoms with E-state index in [4.69, 9.17) is 5.11 Å². The third kappa shape index (κ3) is 3.70. The van der Waals surface area contributed by atoms with Crippen molar-refractivity contribution in [1.82, 2.24) is 5.32 Å². The molecule has 0 bridgehead atoms. The minimum Gasteiger partial charge on any atom is -0.477 e. The standard InChI is InChI=1S/C13H18N2O3S/c1-9(16)14-8-10-4-6-15(7-5-10)12-3-2-11(19-12)13(17)18/h2-3,10H,4-8H2,1H3,(H,14,16)(H,17,18). The number of anilines is 1. The molecule has 1 aromatic heterocycles. The fraction of sp³-hybridized carbons (Fsp3) is 0.538. The van der Waals surface area contributed by atoms with Gasteiger partial charge in [0.05, 0.1) is 5.00 Å². The maximum Gasteiger partial charge on any atom is 0.345 e. The van der Waals surface area contributed by atoms with E-state index in [0.29, 0.717) is 10.8 Å². The molecule has 6 heteroatoms. The number of rotatable bonds is 4. The molecule has 104 valence electrons. The summed E-state index contributed by atoms with van der Waals surface area (Å²) < 4.78 is 0. The molecule has 0 atom stereocenters. The Labute approximate surface area is 116 Å². The summed E-state index contributed by atoms with van der Waals surface area (Å²) in [5, 5.41) is 12.8. The highest BCUT2D eigenvalue weighted by Gasteiger charge is 2.21. The molecule has 0 saturated carbocycles. The van der Waals surface area contributed by atoms with E-state index in [1.165, 1.54) is 18.3 Å². The maximum absolute atomic E-state index is 10.9. The molecule has 1 aliphatic rings. The molecule has 0 radical (unpaired) electrons. The first-order valence-corrected chi connectivity index (χ1v) is 7.20. The molecule has 0 unspecified atom stereocenters. The minimum absolute atomic E-state index is 0.0202. The number of hydrogen-bond acceptors (Lipinski definition) is 4. The number of amides is 1. The number of carbonyl (C=O) groups excluding carboxylic acids is 1. The number of carboxylic acid groups (broad SMARTS) is 1. The molecule has 1 saturated heterocycles. The summed E-state index contributed by atoms with van der Waals surface area (Å²) in [7, 11) is 0. The van der Waals surface area contributed by atoms with Crippen LogP contribution in [-0.2, 0) is 4.79 Å². The molecule has 1 amide bonds. The fourth-order valence-corrected chi connectivity index (χ4v) is 3.15. The van der Waals surface area contributed by atoms with Gasteiger partial charge in [-0.05, 0) is 30.9 Å². The summed E-state index contributed by atoms with van der Waals surface area (Å²) in [4.78, 5) is 24.3. The van der Waals surface area contributed by atoms with Crippen LogP contribution in [-0.4, -0.2) is 36.6 Å². The van der Waals surface area contributed by atoms with Crippen molar-refractivity contribution in [1.29, 1.82) is 0 Å². The van der Waals surface area contributed by atoms with E-state index in [1.807, 2.05) is 6.07 Å². The van der Waals surface area contributed by atoms with Gasteiger partial charge in [0.1, 0.15) is 4.88 Å². The number of carbonyl (C=O) groups is 2. The Morgan fingerprint density at radius 2 is 2.11 bits per heavy atom. The first kappa shape index (κ1) is 13.9. The van der Waals surface area contributed by atoms with Crippen LogP contribution in [0.1, 0.15) is 29.4 Å². The van der Waals surface area contributed by atoms with Crippen molar-refractivity contribution in [3.8, 4) is 0 Å². The van der Waals surface area contributed by atoms with Crippen molar-refractivity contribution in [2.24, 2.45) is 5.92 Å². The Bertz CT molecular complexity index is 464. The Morgan fingerprint density at radius 1 is 1.42 bits per heavy atom. The Hall–Kier alpha value is -1.56. The lowest BCUT2D eigenvalue weighted by Crippen LogP contribution is -2.37. The molecular weight excluding hydrogens is 264 g/mol. The minimum atomic E-state index is -0.864. The summed E-state index contributed by atoms with van der Waals surface area (Å²) in [6.07, 6.45) is 2.06. The van der Waals surface area contributed by atoms with Gasteiger partial charge in [0, 0.05) is 26.6 Å². The predicted molar refractivity (Wildman–Crippen MR) is 74.9 cm³/mol. The average molecular weight is 282 g/mol. The van der Waals surface area contributed by atoms with E-state index in [2.05, 4.69) is 10.2 Å². The van der Waals surface area contributed by atoms with Crippen molar-refractivity contribution >= 4 is 28.2 Å². The first-order valence-electron chi connectivity index (χ1n) is 6.39. The van der Waals surface area contributed by atoms with Crippen molar-refractivity contribution in [3.63, 3.8) is 0 Å². The van der Waals surface area contributed by atoms with Crippen LogP contribution in [0.4, 0.5) is 5.00 Å². The molecule has 19 heavy (non-hydrogen) atoms. The molecule has 1 fully saturated rings. The van der Waals surface area contributed by atoms with Gasteiger partial charge in [-0.15, -0.1) is 11.3 Å². The summed E-state index contributed by atoms with van der Waals surface area (Å²) in [5.74, 6) is -0.317. The second-order valence-corrected chi connectivity index (χ2v) is 5.87. The molecule has 0 spiro atoms. The van der Waals surface area contributed by atoms with Gasteiger partial charge in [-0.1, -0.05) is 0 Å². The van der Waals surface area contributed by atoms with E-state index in [9.17, 15) is 9.59 Å². The number of hydrogen-bond donors (Lipinski definition) is 2. The molecule has 1 aromatic rings.